The van der Waals surface area contributed by atoms with Gasteiger partial charge >= 0.3 is 0 Å². The number of benzene rings is 2. The van der Waals surface area contributed by atoms with Crippen molar-refractivity contribution >= 4 is 40.4 Å². The highest BCUT2D eigenvalue weighted by atomic mass is 16.5. The van der Waals surface area contributed by atoms with Gasteiger partial charge in [0.05, 0.1) is 19.7 Å². The van der Waals surface area contributed by atoms with Crippen LogP contribution in [0, 0.1) is 19.8 Å². The first-order chi connectivity index (χ1) is 25.9. The van der Waals surface area contributed by atoms with Gasteiger partial charge in [-0.2, -0.15) is 0 Å². The van der Waals surface area contributed by atoms with Crippen molar-refractivity contribution in [3.63, 3.8) is 0 Å². The van der Waals surface area contributed by atoms with E-state index in [-0.39, 0.29) is 56.7 Å². The molecule has 0 unspecified atom stereocenters. The van der Waals surface area contributed by atoms with Gasteiger partial charge in [-0.05, 0) is 55.2 Å². The maximum absolute atomic E-state index is 14.6. The Morgan fingerprint density at radius 2 is 1.78 bits per heavy atom. The van der Waals surface area contributed by atoms with Gasteiger partial charge < -0.3 is 40.6 Å². The first-order valence-electron chi connectivity index (χ1n) is 18.0. The van der Waals surface area contributed by atoms with E-state index in [2.05, 4.69) is 36.2 Å². The normalized spacial score (nSPS) is 19.2. The van der Waals surface area contributed by atoms with Crippen LogP contribution < -0.4 is 26.0 Å². The Morgan fingerprint density at radius 1 is 1.02 bits per heavy atom. The highest BCUT2D eigenvalue weighted by Crippen LogP contribution is 2.21. The smallest absolute Gasteiger partial charge is 0.270 e. The second kappa shape index (κ2) is 18.3. The number of amides is 5. The molecule has 0 radical (unpaired) electrons. The van der Waals surface area contributed by atoms with Crippen molar-refractivity contribution in [1.29, 1.82) is 0 Å². The van der Waals surface area contributed by atoms with E-state index < -0.39 is 48.3 Å². The molecular weight excluding hydrogens is 692 g/mol. The molecule has 0 saturated heterocycles. The molecule has 2 aromatic carbocycles. The van der Waals surface area contributed by atoms with Crippen LogP contribution in [0.25, 0.3) is 10.9 Å². The molecule has 2 bridgehead atoms. The fraction of sp³-hybridized carbons (Fsp3) is 0.410. The number of nitrogens with zero attached hydrogens (tertiary/aromatic N) is 3. The van der Waals surface area contributed by atoms with Crippen LogP contribution in [0.15, 0.2) is 60.8 Å². The Labute approximate surface area is 314 Å². The fourth-order valence-corrected chi connectivity index (χ4v) is 6.29. The van der Waals surface area contributed by atoms with Gasteiger partial charge in [-0.15, -0.1) is 0 Å². The van der Waals surface area contributed by atoms with Crippen molar-refractivity contribution in [1.82, 2.24) is 41.1 Å². The zero-order valence-corrected chi connectivity index (χ0v) is 31.2. The maximum Gasteiger partial charge on any atom is 0.270 e. The van der Waals surface area contributed by atoms with Crippen LogP contribution in [0.1, 0.15) is 47.0 Å². The third-order valence-electron chi connectivity index (χ3n) is 9.04. The van der Waals surface area contributed by atoms with Gasteiger partial charge in [-0.3, -0.25) is 24.0 Å². The van der Waals surface area contributed by atoms with Crippen molar-refractivity contribution in [2.45, 2.75) is 58.7 Å². The number of para-hydroxylation sites is 1. The van der Waals surface area contributed by atoms with Gasteiger partial charge in [0.25, 0.3) is 5.91 Å². The van der Waals surface area contributed by atoms with E-state index >= 15 is 0 Å². The zero-order chi connectivity index (χ0) is 38.8. The van der Waals surface area contributed by atoms with Crippen LogP contribution in [0.4, 0.5) is 0 Å². The van der Waals surface area contributed by atoms with E-state index in [1.807, 2.05) is 38.1 Å². The van der Waals surface area contributed by atoms with Crippen molar-refractivity contribution in [3.05, 3.63) is 89.1 Å². The van der Waals surface area contributed by atoms with Crippen molar-refractivity contribution < 1.29 is 33.4 Å². The van der Waals surface area contributed by atoms with Crippen LogP contribution >= 0.6 is 0 Å². The lowest BCUT2D eigenvalue weighted by Crippen LogP contribution is -2.58. The molecule has 2 aromatic heterocycles. The molecule has 2 aliphatic heterocycles. The van der Waals surface area contributed by atoms with Gasteiger partial charge in [0.15, 0.2) is 0 Å². The highest BCUT2D eigenvalue weighted by molar-refractivity contribution is 5.98. The number of carbonyl (C=O) groups is 5. The van der Waals surface area contributed by atoms with Crippen molar-refractivity contribution in [2.75, 3.05) is 40.0 Å². The monoisotopic (exact) mass is 740 g/mol. The number of rotatable bonds is 8. The average molecular weight is 741 g/mol. The summed E-state index contributed by atoms with van der Waals surface area (Å²) in [6, 6.07) is 13.0. The minimum atomic E-state index is -1.17. The topological polar surface area (TPSA) is 197 Å². The molecule has 0 spiro atoms. The molecule has 5 amide bonds. The Bertz CT molecular complexity index is 1940. The summed E-state index contributed by atoms with van der Waals surface area (Å²) in [5, 5.41) is 12.2. The second-order valence-electron chi connectivity index (χ2n) is 13.6. The molecule has 0 aliphatic carbocycles. The number of carbonyl (C=O) groups excluding carboxylic acids is 5. The van der Waals surface area contributed by atoms with Crippen LogP contribution in [0.5, 0.6) is 5.75 Å². The minimum Gasteiger partial charge on any atom is -0.492 e. The summed E-state index contributed by atoms with van der Waals surface area (Å²) in [4.78, 5) is 82.2. The number of aryl methyl sites for hydroxylation is 2. The Kier molecular flexibility index (Phi) is 13.3. The van der Waals surface area contributed by atoms with Crippen LogP contribution in [-0.4, -0.2) is 107 Å². The molecule has 54 heavy (non-hydrogen) atoms. The van der Waals surface area contributed by atoms with Gasteiger partial charge in [0.1, 0.15) is 42.0 Å². The summed E-state index contributed by atoms with van der Waals surface area (Å²) in [6.07, 6.45) is 1.91. The SMILES string of the molecule is COCCN1CC(=O)N[C@@H](C(C)C)C(=O)NCCOc2ccc(cc2)C[C@H](NC(=O)c2cc(C)nc(C)n2)C(=O)N[C@@H](Cc2c[nH]c3ccccc23)C1=O. The maximum atomic E-state index is 14.6. The summed E-state index contributed by atoms with van der Waals surface area (Å²) in [6.45, 7) is 7.12. The molecule has 0 fully saturated rings. The Hall–Kier alpha value is -5.83. The number of aromatic amines is 1. The van der Waals surface area contributed by atoms with Gasteiger partial charge in [0, 0.05) is 49.3 Å². The lowest BCUT2D eigenvalue weighted by molar-refractivity contribution is -0.141. The molecular formula is C39H48N8O7. The van der Waals surface area contributed by atoms with Gasteiger partial charge in [0.2, 0.25) is 23.6 Å². The van der Waals surface area contributed by atoms with Gasteiger partial charge in [-0.25, -0.2) is 9.97 Å². The van der Waals surface area contributed by atoms with Crippen molar-refractivity contribution in [2.24, 2.45) is 5.92 Å². The standard InChI is InChI=1S/C39H48N8O7/c1-23(2)35-38(51)40-14-16-54-28-12-10-26(11-13-28)19-32(44-36(49)31-18-24(3)42-25(4)43-31)37(50)45-33(20-27-21-41-30-9-7-6-8-29(27)30)39(52)47(15-17-53-5)22-34(48)46-35/h6-13,18,21,23,32-33,35,41H,14-17,19-20,22H2,1-5H3,(H,40,51)(H,44,49)(H,45,50)(H,46,48)/t32-,33-,35-/m0/s1. The van der Waals surface area contributed by atoms with E-state index in [0.29, 0.717) is 22.8 Å². The number of fused-ring (bicyclic) bond motifs is 18. The third kappa shape index (κ3) is 10.4. The van der Waals surface area contributed by atoms with Crippen LogP contribution in [0.2, 0.25) is 0 Å². The molecule has 3 atom stereocenters. The summed E-state index contributed by atoms with van der Waals surface area (Å²) in [5.74, 6) is -2.02. The largest absolute Gasteiger partial charge is 0.492 e. The molecule has 15 nitrogen and oxygen atoms in total. The quantitative estimate of drug-likeness (QED) is 0.167. The van der Waals surface area contributed by atoms with Gasteiger partial charge in [-0.1, -0.05) is 44.2 Å². The fourth-order valence-electron chi connectivity index (χ4n) is 6.29. The molecule has 286 valence electrons. The third-order valence-corrected chi connectivity index (χ3v) is 9.04. The first-order valence-corrected chi connectivity index (χ1v) is 18.0. The average Bonchev–Trinajstić information content (AvgIpc) is 3.55. The molecule has 5 N–H and O–H groups in total. The number of aromatic nitrogens is 3. The number of methoxy groups -OCH3 is 1. The lowest BCUT2D eigenvalue weighted by atomic mass is 10.0. The number of nitrogens with one attached hydrogen (secondary N) is 5. The molecule has 6 rings (SSSR count). The van der Waals surface area contributed by atoms with E-state index in [9.17, 15) is 24.0 Å². The number of ether oxygens (including phenoxy) is 2. The summed E-state index contributed by atoms with van der Waals surface area (Å²) in [7, 11) is 1.48. The number of H-pyrrole nitrogens is 1. The number of hydrogen-bond donors (Lipinski definition) is 5. The molecule has 2 aliphatic rings. The molecule has 15 heteroatoms. The van der Waals surface area contributed by atoms with Crippen LogP contribution in [0.3, 0.4) is 0 Å². The predicted molar refractivity (Wildman–Crippen MR) is 201 cm³/mol. The Balaban J connectivity index is 1.53. The second-order valence-corrected chi connectivity index (χ2v) is 13.6. The van der Waals surface area contributed by atoms with Crippen LogP contribution in [-0.2, 0) is 36.8 Å². The molecule has 0 saturated carbocycles. The summed E-state index contributed by atoms with van der Waals surface area (Å²) in [5.41, 5.74) is 3.00. The zero-order valence-electron chi connectivity index (χ0n) is 31.2. The van der Waals surface area contributed by atoms with E-state index in [1.165, 1.54) is 18.1 Å². The predicted octanol–water partition coefficient (Wildman–Crippen LogP) is 1.77. The van der Waals surface area contributed by atoms with E-state index in [4.69, 9.17) is 9.47 Å². The molecule has 4 aromatic rings. The minimum absolute atomic E-state index is 0.0256. The van der Waals surface area contributed by atoms with E-state index in [1.54, 1.807) is 44.3 Å². The van der Waals surface area contributed by atoms with Crippen molar-refractivity contribution in [3.8, 4) is 5.75 Å². The van der Waals surface area contributed by atoms with E-state index in [0.717, 1.165) is 16.5 Å². The first kappa shape index (κ1) is 39.4. The Morgan fingerprint density at radius 3 is 2.50 bits per heavy atom. The number of hydrogen-bond acceptors (Lipinski definition) is 9. The summed E-state index contributed by atoms with van der Waals surface area (Å²) >= 11 is 0. The highest BCUT2D eigenvalue weighted by Gasteiger charge is 2.33. The molecule has 4 heterocycles. The summed E-state index contributed by atoms with van der Waals surface area (Å²) < 4.78 is 11.1. The lowest BCUT2D eigenvalue weighted by Gasteiger charge is -2.30.